The number of aromatic hydroxyl groups is 2. The average Bonchev–Trinajstić information content (AvgIpc) is 4.27. The standard InChI is InChI=1S/C15H11N7O4S.C15H13N7O3S.C11H11N5/c1-16-10-12(18-8-3-4-8)22-11(20-14(10)27(2,25)26)7(6-17-22)5-9-13(23)21-15(24)19-9;1-16-10-12(18-8-3-4-8)22-11(20-14(10)26(2)25)7(6-17-22)5-9-13(23)21-15(24)19-9;1-7-10(12-2)11(15-8-3-4-8)16-9(14-7)5-6-13-16/h5-6,8H,2-4H2,(H2-,17,18,19,20,21,23,24);5-6,8,23H,3-4H2,2H3,(H2,19,21,24);5-6,8,15H,3-4H2,1H3/p+1. The third-order valence-corrected chi connectivity index (χ3v) is 12.2. The van der Waals surface area contributed by atoms with Gasteiger partial charge in [0.15, 0.2) is 34.2 Å². The Morgan fingerprint density at radius 1 is 0.783 bits per heavy atom. The van der Waals surface area contributed by atoms with Crippen LogP contribution in [0.25, 0.3) is 43.6 Å². The van der Waals surface area contributed by atoms with E-state index in [0.717, 1.165) is 42.8 Å². The molecule has 3 aliphatic carbocycles. The number of nitrogens with one attached hydrogen (secondary N) is 5. The quantitative estimate of drug-likeness (QED) is 0.0815. The molecule has 0 amide bonds. The van der Waals surface area contributed by atoms with E-state index < -0.39 is 37.0 Å². The molecule has 0 radical (unpaired) electrons. The summed E-state index contributed by atoms with van der Waals surface area (Å²) in [7, 11) is -5.54. The summed E-state index contributed by atoms with van der Waals surface area (Å²) in [5.41, 5.74) is 1.94. The fourth-order valence-corrected chi connectivity index (χ4v) is 8.05. The predicted molar refractivity (Wildman–Crippen MR) is 245 cm³/mol. The summed E-state index contributed by atoms with van der Waals surface area (Å²) in [6.07, 6.45) is 17.8. The summed E-state index contributed by atoms with van der Waals surface area (Å²) in [5.74, 6) is 0.0873. The Bertz CT molecular complexity index is 4070. The fraction of sp³-hybridized carbons (Fsp3) is 0.268. The number of hydrogen-bond donors (Lipinski definition) is 7. The van der Waals surface area contributed by atoms with Crippen LogP contribution >= 0.6 is 0 Å². The molecule has 0 spiro atoms. The summed E-state index contributed by atoms with van der Waals surface area (Å²) < 4.78 is 40.6. The molecule has 26 nitrogen and oxygen atoms in total. The molecule has 8 heterocycles. The van der Waals surface area contributed by atoms with Crippen LogP contribution < -0.4 is 38.1 Å². The third-order valence-electron chi connectivity index (χ3n) is 10.5. The van der Waals surface area contributed by atoms with E-state index in [1.807, 2.05) is 13.0 Å². The van der Waals surface area contributed by atoms with Gasteiger partial charge >= 0.3 is 21.2 Å². The molecule has 0 saturated heterocycles. The molecule has 1 unspecified atom stereocenters. The van der Waals surface area contributed by atoms with Crippen LogP contribution in [-0.2, 0) is 20.6 Å². The van der Waals surface area contributed by atoms with Crippen molar-refractivity contribution >= 4 is 72.6 Å². The first-order valence-electron chi connectivity index (χ1n) is 20.7. The average molecular weight is 971 g/mol. The maximum Gasteiger partial charge on any atom is 0.327 e. The van der Waals surface area contributed by atoms with Crippen molar-refractivity contribution in [2.24, 2.45) is 9.98 Å². The van der Waals surface area contributed by atoms with Crippen molar-refractivity contribution in [1.29, 1.82) is 0 Å². The molecule has 0 aromatic carbocycles. The SMILES string of the molecule is [C-]#[N+]c1c(C)nc2ccnn2c1NC1CC1.[C-]#[N+]c1c(S(C)=O)nc2c(=Cc3[nH]c(=O)[nH]c3O)cnn2c1=NC1CC1.[C-]#[N+]c1c(S([CH2+])(=O)=O)nc2c(=Cc3[nH]c(=O)[nH]c3O)cnn2c1=NC1CC1. The lowest BCUT2D eigenvalue weighted by Crippen LogP contribution is -2.22. The molecule has 7 N–H and O–H groups in total. The van der Waals surface area contributed by atoms with Gasteiger partial charge in [-0.15, -0.1) is 0 Å². The molecular weight excluding hydrogens is 935 g/mol. The minimum Gasteiger partial charge on any atom is -0.493 e. The van der Waals surface area contributed by atoms with E-state index in [-0.39, 0.29) is 62.8 Å². The second-order valence-corrected chi connectivity index (χ2v) is 18.8. The zero-order valence-electron chi connectivity index (χ0n) is 36.2. The number of aromatic nitrogens is 13. The molecule has 8 aromatic rings. The van der Waals surface area contributed by atoms with E-state index in [1.165, 1.54) is 52.7 Å². The molecule has 28 heteroatoms. The predicted octanol–water partition coefficient (Wildman–Crippen LogP) is 0.691. The van der Waals surface area contributed by atoms with Crippen LogP contribution in [-0.4, -0.2) is 111 Å². The zero-order chi connectivity index (χ0) is 48.9. The maximum atomic E-state index is 12.1. The van der Waals surface area contributed by atoms with Gasteiger partial charge in [-0.2, -0.15) is 23.7 Å². The largest absolute Gasteiger partial charge is 0.493 e. The van der Waals surface area contributed by atoms with Crippen molar-refractivity contribution in [2.75, 3.05) is 11.6 Å². The van der Waals surface area contributed by atoms with Crippen LogP contribution in [0.1, 0.15) is 55.6 Å². The fourth-order valence-electron chi connectivity index (χ4n) is 6.76. The zero-order valence-corrected chi connectivity index (χ0v) is 37.8. The topological polar surface area (TPSA) is 329 Å². The number of hydrogen-bond acceptors (Lipinski definition) is 16. The van der Waals surface area contributed by atoms with Gasteiger partial charge < -0.3 is 25.5 Å². The van der Waals surface area contributed by atoms with Crippen LogP contribution in [0.5, 0.6) is 11.8 Å². The van der Waals surface area contributed by atoms with Crippen molar-refractivity contribution in [1.82, 2.24) is 63.7 Å². The number of sulfone groups is 1. The first-order chi connectivity index (χ1) is 33.0. The van der Waals surface area contributed by atoms with Gasteiger partial charge in [-0.05, 0) is 57.6 Å². The molecule has 348 valence electrons. The Morgan fingerprint density at radius 3 is 1.75 bits per heavy atom. The molecule has 8 aromatic heterocycles. The highest BCUT2D eigenvalue weighted by atomic mass is 32.2. The minimum atomic E-state index is -4.05. The van der Waals surface area contributed by atoms with Crippen LogP contribution in [0.15, 0.2) is 54.3 Å². The smallest absolute Gasteiger partial charge is 0.327 e. The Morgan fingerprint density at radius 2 is 1.30 bits per heavy atom. The highest BCUT2D eigenvalue weighted by molar-refractivity contribution is 7.92. The van der Waals surface area contributed by atoms with Crippen molar-refractivity contribution in [3.63, 3.8) is 0 Å². The number of nitrogens with zero attached hydrogens (tertiary/aromatic N) is 14. The molecule has 0 bridgehead atoms. The molecular formula is C41H36N19O7S2+. The van der Waals surface area contributed by atoms with E-state index in [9.17, 15) is 32.4 Å². The number of rotatable bonds is 8. The van der Waals surface area contributed by atoms with Crippen LogP contribution in [0.4, 0.5) is 22.9 Å². The van der Waals surface area contributed by atoms with Crippen molar-refractivity contribution in [3.8, 4) is 11.8 Å². The Balaban J connectivity index is 0.000000133. The van der Waals surface area contributed by atoms with Crippen molar-refractivity contribution in [3.05, 3.63) is 125 Å². The second kappa shape index (κ2) is 17.7. The number of H-pyrrole nitrogens is 4. The molecule has 0 aliphatic heterocycles. The molecule has 3 aliphatic rings. The van der Waals surface area contributed by atoms with Gasteiger partial charge in [0.1, 0.15) is 22.2 Å². The number of fused-ring (bicyclic) bond motifs is 3. The second-order valence-electron chi connectivity index (χ2n) is 15.9. The van der Waals surface area contributed by atoms with Gasteiger partial charge in [0, 0.05) is 28.8 Å². The van der Waals surface area contributed by atoms with Gasteiger partial charge in [-0.1, -0.05) is 0 Å². The normalized spacial score (nSPS) is 16.2. The lowest BCUT2D eigenvalue weighted by atomic mass is 10.3. The first kappa shape index (κ1) is 45.2. The molecule has 1 atom stereocenters. The van der Waals surface area contributed by atoms with Crippen molar-refractivity contribution < 1.29 is 22.8 Å². The highest BCUT2D eigenvalue weighted by Gasteiger charge is 2.29. The van der Waals surface area contributed by atoms with Crippen LogP contribution in [0.3, 0.4) is 0 Å². The minimum absolute atomic E-state index is 0.00169. The van der Waals surface area contributed by atoms with Crippen LogP contribution in [0.2, 0.25) is 0 Å². The van der Waals surface area contributed by atoms with Crippen molar-refractivity contribution in [2.45, 2.75) is 73.6 Å². The maximum absolute atomic E-state index is 12.1. The Hall–Kier alpha value is -8.94. The summed E-state index contributed by atoms with van der Waals surface area (Å²) in [6, 6.07) is 2.47. The Kier molecular flexibility index (Phi) is 11.6. The van der Waals surface area contributed by atoms with E-state index in [0.29, 0.717) is 33.3 Å². The molecule has 69 heavy (non-hydrogen) atoms. The number of aromatic amines is 4. The first-order valence-corrected chi connectivity index (χ1v) is 23.9. The highest BCUT2D eigenvalue weighted by Crippen LogP contribution is 2.33. The van der Waals surface area contributed by atoms with Gasteiger partial charge in [0.05, 0.1) is 66.9 Å². The van der Waals surface area contributed by atoms with E-state index in [2.05, 4.69) is 86.3 Å². The van der Waals surface area contributed by atoms with E-state index in [1.54, 1.807) is 10.7 Å². The lowest BCUT2D eigenvalue weighted by Gasteiger charge is -2.10. The van der Waals surface area contributed by atoms with E-state index >= 15 is 0 Å². The van der Waals surface area contributed by atoms with Gasteiger partial charge in [-0.25, -0.2) is 52.6 Å². The van der Waals surface area contributed by atoms with E-state index in [4.69, 9.17) is 19.7 Å². The molecule has 11 rings (SSSR count). The lowest BCUT2D eigenvalue weighted by molar-refractivity contribution is 0.454. The number of anilines is 1. The number of imidazole rings is 2. The summed E-state index contributed by atoms with van der Waals surface area (Å²) in [4.78, 5) is 63.8. The third kappa shape index (κ3) is 9.27. The van der Waals surface area contributed by atoms with Gasteiger partial charge in [0.25, 0.3) is 11.4 Å². The summed E-state index contributed by atoms with van der Waals surface area (Å²) >= 11 is 0. The van der Waals surface area contributed by atoms with Gasteiger partial charge in [-0.3, -0.25) is 24.2 Å². The molecule has 3 fully saturated rings. The number of aryl methyl sites for hydroxylation is 1. The molecule has 3 saturated carbocycles. The van der Waals surface area contributed by atoms with Crippen LogP contribution in [0, 0.1) is 32.9 Å². The monoisotopic (exact) mass is 970 g/mol. The Labute approximate surface area is 389 Å². The van der Waals surface area contributed by atoms with Gasteiger partial charge in [0.2, 0.25) is 22.5 Å². The summed E-state index contributed by atoms with van der Waals surface area (Å²) in [6.45, 7) is 23.9. The summed E-state index contributed by atoms with van der Waals surface area (Å²) in [5, 5.41) is 35.8.